The van der Waals surface area contributed by atoms with E-state index in [9.17, 15) is 9.59 Å². The lowest BCUT2D eigenvalue weighted by molar-refractivity contribution is -0.131. The smallest absolute Gasteiger partial charge is 0.321 e. The van der Waals surface area contributed by atoms with Crippen molar-refractivity contribution in [3.8, 4) is 0 Å². The number of urea groups is 1. The second kappa shape index (κ2) is 9.71. The van der Waals surface area contributed by atoms with Gasteiger partial charge in [0.05, 0.1) is 13.2 Å². The SMILES string of the molecule is CCOCc1ccccc1NC(=O)N1CCN(CC(=O)N2CCCC2)CC1. The highest BCUT2D eigenvalue weighted by molar-refractivity contribution is 5.90. The van der Waals surface area contributed by atoms with E-state index in [1.54, 1.807) is 0 Å². The lowest BCUT2D eigenvalue weighted by Gasteiger charge is -2.35. The van der Waals surface area contributed by atoms with Crippen molar-refractivity contribution in [2.24, 2.45) is 0 Å². The number of rotatable bonds is 6. The minimum absolute atomic E-state index is 0.0931. The average molecular weight is 374 g/mol. The van der Waals surface area contributed by atoms with Gasteiger partial charge in [-0.3, -0.25) is 9.69 Å². The lowest BCUT2D eigenvalue weighted by Crippen LogP contribution is -2.52. The van der Waals surface area contributed by atoms with Crippen LogP contribution in [0.15, 0.2) is 24.3 Å². The molecule has 2 fully saturated rings. The van der Waals surface area contributed by atoms with Crippen LogP contribution in [0.1, 0.15) is 25.3 Å². The molecule has 1 aromatic rings. The molecule has 0 unspecified atom stereocenters. The van der Waals surface area contributed by atoms with E-state index in [-0.39, 0.29) is 11.9 Å². The van der Waals surface area contributed by atoms with E-state index in [1.807, 2.05) is 41.0 Å². The number of piperazine rings is 1. The molecular weight excluding hydrogens is 344 g/mol. The molecule has 2 heterocycles. The van der Waals surface area contributed by atoms with E-state index in [2.05, 4.69) is 10.2 Å². The molecule has 27 heavy (non-hydrogen) atoms. The van der Waals surface area contributed by atoms with Crippen molar-refractivity contribution in [2.45, 2.75) is 26.4 Å². The van der Waals surface area contributed by atoms with Gasteiger partial charge in [0, 0.05) is 57.1 Å². The summed E-state index contributed by atoms with van der Waals surface area (Å²) in [5, 5.41) is 3.00. The number of nitrogens with one attached hydrogen (secondary N) is 1. The summed E-state index contributed by atoms with van der Waals surface area (Å²) in [5.74, 6) is 0.218. The fourth-order valence-corrected chi connectivity index (χ4v) is 3.54. The van der Waals surface area contributed by atoms with E-state index in [0.29, 0.717) is 32.8 Å². The van der Waals surface area contributed by atoms with E-state index < -0.39 is 0 Å². The third-order valence-electron chi connectivity index (χ3n) is 5.20. The molecule has 1 N–H and O–H groups in total. The highest BCUT2D eigenvalue weighted by atomic mass is 16.5. The molecule has 0 spiro atoms. The van der Waals surface area contributed by atoms with Crippen LogP contribution < -0.4 is 5.32 Å². The quantitative estimate of drug-likeness (QED) is 0.827. The van der Waals surface area contributed by atoms with E-state index >= 15 is 0 Å². The van der Waals surface area contributed by atoms with Crippen LogP contribution in [0, 0.1) is 0 Å². The zero-order valence-corrected chi connectivity index (χ0v) is 16.2. The van der Waals surface area contributed by atoms with Crippen molar-refractivity contribution >= 4 is 17.6 Å². The zero-order valence-electron chi connectivity index (χ0n) is 16.2. The van der Waals surface area contributed by atoms with E-state index in [0.717, 1.165) is 50.3 Å². The highest BCUT2D eigenvalue weighted by Crippen LogP contribution is 2.17. The van der Waals surface area contributed by atoms with Crippen molar-refractivity contribution in [3.63, 3.8) is 0 Å². The monoisotopic (exact) mass is 374 g/mol. The Morgan fingerprint density at radius 3 is 2.41 bits per heavy atom. The molecule has 0 aromatic heterocycles. The Morgan fingerprint density at radius 2 is 1.70 bits per heavy atom. The van der Waals surface area contributed by atoms with Gasteiger partial charge in [-0.05, 0) is 25.8 Å². The van der Waals surface area contributed by atoms with Gasteiger partial charge in [-0.15, -0.1) is 0 Å². The third kappa shape index (κ3) is 5.43. The maximum Gasteiger partial charge on any atom is 0.321 e. The first-order valence-electron chi connectivity index (χ1n) is 9.89. The van der Waals surface area contributed by atoms with Gasteiger partial charge in [0.1, 0.15) is 0 Å². The van der Waals surface area contributed by atoms with Gasteiger partial charge in [0.2, 0.25) is 5.91 Å². The molecule has 2 saturated heterocycles. The standard InChI is InChI=1S/C20H30N4O3/c1-2-27-16-17-7-3-4-8-18(17)21-20(26)24-13-11-22(12-14-24)15-19(25)23-9-5-6-10-23/h3-4,7-8H,2,5-6,9-16H2,1H3,(H,21,26). The molecule has 2 aliphatic rings. The largest absolute Gasteiger partial charge is 0.377 e. The normalized spacial score (nSPS) is 18.0. The summed E-state index contributed by atoms with van der Waals surface area (Å²) in [5.41, 5.74) is 1.77. The van der Waals surface area contributed by atoms with Crippen LogP contribution in [0.3, 0.4) is 0 Å². The maximum absolute atomic E-state index is 12.6. The fourth-order valence-electron chi connectivity index (χ4n) is 3.54. The first-order chi connectivity index (χ1) is 13.2. The van der Waals surface area contributed by atoms with E-state index in [1.165, 1.54) is 0 Å². The fraction of sp³-hybridized carbons (Fsp3) is 0.600. The maximum atomic E-state index is 12.6. The molecule has 0 atom stereocenters. The van der Waals surface area contributed by atoms with Gasteiger partial charge >= 0.3 is 6.03 Å². The van der Waals surface area contributed by atoms with Crippen LogP contribution >= 0.6 is 0 Å². The summed E-state index contributed by atoms with van der Waals surface area (Å²) in [4.78, 5) is 30.8. The zero-order chi connectivity index (χ0) is 19.1. The molecule has 7 heteroatoms. The predicted octanol–water partition coefficient (Wildman–Crippen LogP) is 1.99. The van der Waals surface area contributed by atoms with Gasteiger partial charge < -0.3 is 19.9 Å². The van der Waals surface area contributed by atoms with Gasteiger partial charge in [-0.1, -0.05) is 18.2 Å². The van der Waals surface area contributed by atoms with Crippen LogP contribution in [-0.2, 0) is 16.1 Å². The number of para-hydroxylation sites is 1. The van der Waals surface area contributed by atoms with Gasteiger partial charge in [0.15, 0.2) is 0 Å². The number of carbonyl (C=O) groups is 2. The molecule has 0 aliphatic carbocycles. The summed E-state index contributed by atoms with van der Waals surface area (Å²) in [7, 11) is 0. The van der Waals surface area contributed by atoms with Crippen molar-refractivity contribution in [3.05, 3.63) is 29.8 Å². The Balaban J connectivity index is 1.46. The molecule has 2 aliphatic heterocycles. The summed E-state index contributed by atoms with van der Waals surface area (Å²) >= 11 is 0. The number of ether oxygens (including phenoxy) is 1. The molecule has 0 saturated carbocycles. The van der Waals surface area contributed by atoms with Crippen LogP contribution in [0.2, 0.25) is 0 Å². The number of anilines is 1. The lowest BCUT2D eigenvalue weighted by atomic mass is 10.2. The molecule has 1 aromatic carbocycles. The number of likely N-dealkylation sites (tertiary alicyclic amines) is 1. The van der Waals surface area contributed by atoms with Crippen molar-refractivity contribution in [1.82, 2.24) is 14.7 Å². The van der Waals surface area contributed by atoms with E-state index in [4.69, 9.17) is 4.74 Å². The second-order valence-corrected chi connectivity index (χ2v) is 7.08. The number of nitrogens with zero attached hydrogens (tertiary/aromatic N) is 3. The van der Waals surface area contributed by atoms with Gasteiger partial charge in [-0.25, -0.2) is 4.79 Å². The second-order valence-electron chi connectivity index (χ2n) is 7.08. The Labute approximate surface area is 161 Å². The molecule has 7 nitrogen and oxygen atoms in total. The summed E-state index contributed by atoms with van der Waals surface area (Å²) in [6, 6.07) is 7.63. The van der Waals surface area contributed by atoms with Crippen molar-refractivity contribution in [1.29, 1.82) is 0 Å². The third-order valence-corrected chi connectivity index (χ3v) is 5.20. The minimum atomic E-state index is -0.0931. The first kappa shape index (κ1) is 19.6. The number of amides is 3. The van der Waals surface area contributed by atoms with Crippen molar-refractivity contribution < 1.29 is 14.3 Å². The van der Waals surface area contributed by atoms with Crippen molar-refractivity contribution in [2.75, 3.05) is 57.7 Å². The summed E-state index contributed by atoms with van der Waals surface area (Å²) in [6.45, 7) is 8.05. The number of hydrogen-bond donors (Lipinski definition) is 1. The van der Waals surface area contributed by atoms with Crippen LogP contribution in [0.5, 0.6) is 0 Å². The highest BCUT2D eigenvalue weighted by Gasteiger charge is 2.25. The average Bonchev–Trinajstić information content (AvgIpc) is 3.23. The van der Waals surface area contributed by atoms with Crippen LogP contribution in [0.4, 0.5) is 10.5 Å². The Bertz CT molecular complexity index is 638. The Hall–Kier alpha value is -2.12. The summed E-state index contributed by atoms with van der Waals surface area (Å²) in [6.07, 6.45) is 2.23. The molecule has 3 rings (SSSR count). The Kier molecular flexibility index (Phi) is 7.06. The topological polar surface area (TPSA) is 65.1 Å². The van der Waals surface area contributed by atoms with Gasteiger partial charge in [0.25, 0.3) is 0 Å². The molecule has 3 amide bonds. The molecule has 148 valence electrons. The Morgan fingerprint density at radius 1 is 1.00 bits per heavy atom. The van der Waals surface area contributed by atoms with Gasteiger partial charge in [-0.2, -0.15) is 0 Å². The van der Waals surface area contributed by atoms with Crippen LogP contribution in [0.25, 0.3) is 0 Å². The minimum Gasteiger partial charge on any atom is -0.377 e. The predicted molar refractivity (Wildman–Crippen MR) is 105 cm³/mol. The molecule has 0 radical (unpaired) electrons. The summed E-state index contributed by atoms with van der Waals surface area (Å²) < 4.78 is 5.47. The number of carbonyl (C=O) groups excluding carboxylic acids is 2. The number of benzene rings is 1. The number of hydrogen-bond acceptors (Lipinski definition) is 4. The molecular formula is C20H30N4O3. The first-order valence-corrected chi connectivity index (χ1v) is 9.89. The molecule has 0 bridgehead atoms. The van der Waals surface area contributed by atoms with Crippen LogP contribution in [-0.4, -0.2) is 79.1 Å².